The molecule has 12 aromatic rings. The SMILES string of the molecule is c1ccc(-c2nc3cc4oc5ccc(N(c6ccc7c(c6)c6ccccc6n7-c6ccccc6)c6cccc7oc8ccccc8c67)cc5c4cc3o2)cc1. The summed E-state index contributed by atoms with van der Waals surface area (Å²) in [5.41, 5.74) is 12.1. The van der Waals surface area contributed by atoms with Crippen molar-refractivity contribution in [2.45, 2.75) is 0 Å². The molecule has 4 heterocycles. The first-order valence-electron chi connectivity index (χ1n) is 18.4. The van der Waals surface area contributed by atoms with Gasteiger partial charge in [0.15, 0.2) is 5.58 Å². The van der Waals surface area contributed by atoms with E-state index in [4.69, 9.17) is 18.2 Å². The van der Waals surface area contributed by atoms with Gasteiger partial charge in [0.05, 0.1) is 22.1 Å². The molecule has 0 spiro atoms. The monoisotopic (exact) mass is 707 g/mol. The van der Waals surface area contributed by atoms with Crippen molar-refractivity contribution in [3.63, 3.8) is 0 Å². The van der Waals surface area contributed by atoms with Crippen LogP contribution in [0.1, 0.15) is 0 Å². The van der Waals surface area contributed by atoms with Crippen LogP contribution in [0, 0.1) is 0 Å². The topological polar surface area (TPSA) is 60.5 Å². The maximum Gasteiger partial charge on any atom is 0.227 e. The number of para-hydroxylation sites is 3. The van der Waals surface area contributed by atoms with Crippen LogP contribution < -0.4 is 4.90 Å². The summed E-state index contributed by atoms with van der Waals surface area (Å²) >= 11 is 0. The lowest BCUT2D eigenvalue weighted by molar-refractivity contribution is 0.620. The molecule has 0 fully saturated rings. The Kier molecular flexibility index (Phi) is 6.24. The van der Waals surface area contributed by atoms with Crippen LogP contribution in [0.2, 0.25) is 0 Å². The number of benzene rings is 8. The Morgan fingerprint density at radius 3 is 1.95 bits per heavy atom. The normalized spacial score (nSPS) is 12.0. The Balaban J connectivity index is 1.11. The van der Waals surface area contributed by atoms with E-state index in [1.54, 1.807) is 0 Å². The Bertz CT molecular complexity index is 3440. The van der Waals surface area contributed by atoms with E-state index in [1.165, 1.54) is 10.8 Å². The van der Waals surface area contributed by atoms with Crippen molar-refractivity contribution < 1.29 is 13.3 Å². The van der Waals surface area contributed by atoms with Gasteiger partial charge in [-0.2, -0.15) is 0 Å². The molecule has 0 aliphatic rings. The highest BCUT2D eigenvalue weighted by Crippen LogP contribution is 2.46. The van der Waals surface area contributed by atoms with Gasteiger partial charge in [0, 0.05) is 55.6 Å². The van der Waals surface area contributed by atoms with Gasteiger partial charge < -0.3 is 22.7 Å². The Morgan fingerprint density at radius 2 is 1.07 bits per heavy atom. The standard InChI is InChI=1S/C49H29N3O3/c1-3-12-30(13-4-1)49-50-39-29-46-38(28-47(39)55-49)37-27-33(23-25-44(37)54-46)51(42-19-11-21-45-48(42)35-17-8-10-20-43(35)53-45)32-22-24-41-36(26-32)34-16-7-9-18-40(34)52(41)31-14-5-2-6-15-31/h1-29H. The number of fused-ring (bicyclic) bond motifs is 10. The fourth-order valence-electron chi connectivity index (χ4n) is 8.35. The lowest BCUT2D eigenvalue weighted by Gasteiger charge is -2.26. The molecule has 0 aliphatic heterocycles. The predicted molar refractivity (Wildman–Crippen MR) is 223 cm³/mol. The third-order valence-electron chi connectivity index (χ3n) is 10.8. The largest absolute Gasteiger partial charge is 0.456 e. The zero-order chi connectivity index (χ0) is 36.0. The molecule has 6 heteroatoms. The highest BCUT2D eigenvalue weighted by atomic mass is 16.4. The number of hydrogen-bond donors (Lipinski definition) is 0. The molecule has 0 N–H and O–H groups in total. The number of anilines is 3. The van der Waals surface area contributed by atoms with Gasteiger partial charge in [0.1, 0.15) is 27.8 Å². The molecule has 0 radical (unpaired) electrons. The van der Waals surface area contributed by atoms with Crippen LogP contribution in [0.25, 0.3) is 93.9 Å². The van der Waals surface area contributed by atoms with E-state index in [9.17, 15) is 0 Å². The fraction of sp³-hybridized carbons (Fsp3) is 0. The molecular weight excluding hydrogens is 679 g/mol. The smallest absolute Gasteiger partial charge is 0.227 e. The minimum atomic E-state index is 0.587. The van der Waals surface area contributed by atoms with Gasteiger partial charge in [-0.25, -0.2) is 4.98 Å². The Hall–Kier alpha value is -7.57. The molecule has 8 aromatic carbocycles. The molecule has 0 saturated heterocycles. The molecule has 0 aliphatic carbocycles. The lowest BCUT2D eigenvalue weighted by Crippen LogP contribution is -2.10. The second-order valence-electron chi connectivity index (χ2n) is 14.0. The van der Waals surface area contributed by atoms with Gasteiger partial charge in [0.25, 0.3) is 0 Å². The summed E-state index contributed by atoms with van der Waals surface area (Å²) in [4.78, 5) is 7.14. The minimum absolute atomic E-state index is 0.587. The first kappa shape index (κ1) is 29.9. The van der Waals surface area contributed by atoms with E-state index in [1.807, 2.05) is 54.6 Å². The first-order chi connectivity index (χ1) is 27.2. The van der Waals surface area contributed by atoms with E-state index < -0.39 is 0 Å². The maximum absolute atomic E-state index is 6.47. The number of oxazole rings is 1. The molecule has 4 aromatic heterocycles. The highest BCUT2D eigenvalue weighted by Gasteiger charge is 2.23. The van der Waals surface area contributed by atoms with Gasteiger partial charge >= 0.3 is 0 Å². The molecule has 0 atom stereocenters. The van der Waals surface area contributed by atoms with Crippen LogP contribution in [-0.2, 0) is 0 Å². The molecule has 12 rings (SSSR count). The Labute approximate surface area is 313 Å². The number of aromatic nitrogens is 2. The summed E-state index contributed by atoms with van der Waals surface area (Å²) in [6.07, 6.45) is 0. The molecule has 0 saturated carbocycles. The van der Waals surface area contributed by atoms with E-state index in [-0.39, 0.29) is 0 Å². The fourth-order valence-corrected chi connectivity index (χ4v) is 8.35. The van der Waals surface area contributed by atoms with E-state index in [2.05, 4.69) is 131 Å². The van der Waals surface area contributed by atoms with Crippen molar-refractivity contribution in [3.05, 3.63) is 176 Å². The van der Waals surface area contributed by atoms with Crippen LogP contribution >= 0.6 is 0 Å². The van der Waals surface area contributed by atoms with Crippen molar-refractivity contribution in [2.24, 2.45) is 0 Å². The Morgan fingerprint density at radius 1 is 0.418 bits per heavy atom. The summed E-state index contributed by atoms with van der Waals surface area (Å²) in [5, 5.41) is 6.44. The molecule has 55 heavy (non-hydrogen) atoms. The molecular formula is C49H29N3O3. The molecule has 0 unspecified atom stereocenters. The summed E-state index contributed by atoms with van der Waals surface area (Å²) in [5.74, 6) is 0.587. The van der Waals surface area contributed by atoms with Gasteiger partial charge in [-0.05, 0) is 91.0 Å². The zero-order valence-electron chi connectivity index (χ0n) is 29.3. The average Bonchev–Trinajstić information content (AvgIpc) is 4.01. The van der Waals surface area contributed by atoms with Crippen molar-refractivity contribution in [1.82, 2.24) is 9.55 Å². The van der Waals surface area contributed by atoms with Crippen LogP contribution in [0.15, 0.2) is 189 Å². The van der Waals surface area contributed by atoms with E-state index in [0.29, 0.717) is 11.5 Å². The predicted octanol–water partition coefficient (Wildman–Crippen LogP) is 13.9. The summed E-state index contributed by atoms with van der Waals surface area (Å²) in [6, 6.07) is 61.0. The number of nitrogens with zero attached hydrogens (tertiary/aromatic N) is 3. The van der Waals surface area contributed by atoms with Crippen LogP contribution in [0.3, 0.4) is 0 Å². The van der Waals surface area contributed by atoms with Crippen molar-refractivity contribution in [2.75, 3.05) is 4.90 Å². The quantitative estimate of drug-likeness (QED) is 0.178. The first-order valence-corrected chi connectivity index (χ1v) is 18.4. The second kappa shape index (κ2) is 11.5. The van der Waals surface area contributed by atoms with Gasteiger partial charge in [0.2, 0.25) is 5.89 Å². The second-order valence-corrected chi connectivity index (χ2v) is 14.0. The van der Waals surface area contributed by atoms with Crippen molar-refractivity contribution >= 4 is 93.8 Å². The average molecular weight is 708 g/mol. The minimum Gasteiger partial charge on any atom is -0.456 e. The van der Waals surface area contributed by atoms with E-state index >= 15 is 0 Å². The summed E-state index contributed by atoms with van der Waals surface area (Å²) in [6.45, 7) is 0. The van der Waals surface area contributed by atoms with Crippen molar-refractivity contribution in [3.8, 4) is 17.1 Å². The molecule has 6 nitrogen and oxygen atoms in total. The lowest BCUT2D eigenvalue weighted by atomic mass is 10.1. The number of furan rings is 2. The van der Waals surface area contributed by atoms with Gasteiger partial charge in [-0.1, -0.05) is 78.9 Å². The third-order valence-corrected chi connectivity index (χ3v) is 10.8. The zero-order valence-corrected chi connectivity index (χ0v) is 29.3. The summed E-state index contributed by atoms with van der Waals surface area (Å²) < 4.78 is 21.6. The summed E-state index contributed by atoms with van der Waals surface area (Å²) in [7, 11) is 0. The van der Waals surface area contributed by atoms with Gasteiger partial charge in [-0.15, -0.1) is 0 Å². The van der Waals surface area contributed by atoms with Crippen molar-refractivity contribution in [1.29, 1.82) is 0 Å². The van der Waals surface area contributed by atoms with Crippen LogP contribution in [0.5, 0.6) is 0 Å². The van der Waals surface area contributed by atoms with Crippen LogP contribution in [-0.4, -0.2) is 9.55 Å². The molecule has 0 bridgehead atoms. The highest BCUT2D eigenvalue weighted by molar-refractivity contribution is 6.16. The molecule has 258 valence electrons. The van der Waals surface area contributed by atoms with Gasteiger partial charge in [-0.3, -0.25) is 0 Å². The number of rotatable bonds is 5. The van der Waals surface area contributed by atoms with E-state index in [0.717, 1.165) is 88.7 Å². The molecule has 0 amide bonds. The van der Waals surface area contributed by atoms with Crippen LogP contribution in [0.4, 0.5) is 17.1 Å². The third kappa shape index (κ3) is 4.52. The number of hydrogen-bond acceptors (Lipinski definition) is 5. The maximum atomic E-state index is 6.47.